The van der Waals surface area contributed by atoms with E-state index in [9.17, 15) is 0 Å². The fraction of sp³-hybridized carbons (Fsp3) is 1.00. The fourth-order valence-electron chi connectivity index (χ4n) is 2.93. The van der Waals surface area contributed by atoms with Crippen LogP contribution in [0.25, 0.3) is 0 Å². The SMILES string of the molecule is CCCCC(C)(C)CC1CCCCC1. The van der Waals surface area contributed by atoms with Gasteiger partial charge in [-0.3, -0.25) is 0 Å². The van der Waals surface area contributed by atoms with Gasteiger partial charge in [-0.2, -0.15) is 0 Å². The fourth-order valence-corrected chi connectivity index (χ4v) is 2.93. The summed E-state index contributed by atoms with van der Waals surface area (Å²) in [6.07, 6.45) is 13.2. The lowest BCUT2D eigenvalue weighted by molar-refractivity contribution is 0.205. The van der Waals surface area contributed by atoms with Gasteiger partial charge in [0.2, 0.25) is 0 Å². The van der Waals surface area contributed by atoms with Crippen molar-refractivity contribution in [1.82, 2.24) is 0 Å². The molecule has 0 aliphatic heterocycles. The second-order valence-corrected chi connectivity index (χ2v) is 5.98. The molecule has 1 fully saturated rings. The van der Waals surface area contributed by atoms with Crippen LogP contribution < -0.4 is 0 Å². The van der Waals surface area contributed by atoms with Gasteiger partial charge in [-0.1, -0.05) is 65.7 Å². The van der Waals surface area contributed by atoms with Crippen LogP contribution >= 0.6 is 0 Å². The monoisotopic (exact) mass is 196 g/mol. The minimum absolute atomic E-state index is 0.609. The van der Waals surface area contributed by atoms with Crippen molar-refractivity contribution < 1.29 is 0 Å². The molecule has 14 heavy (non-hydrogen) atoms. The Balaban J connectivity index is 2.25. The van der Waals surface area contributed by atoms with Gasteiger partial charge in [-0.05, 0) is 24.2 Å². The van der Waals surface area contributed by atoms with E-state index in [1.165, 1.54) is 57.8 Å². The molecule has 1 aliphatic rings. The molecular weight excluding hydrogens is 168 g/mol. The molecule has 1 aliphatic carbocycles. The molecule has 0 saturated heterocycles. The molecule has 1 saturated carbocycles. The van der Waals surface area contributed by atoms with E-state index in [0.717, 1.165) is 5.92 Å². The van der Waals surface area contributed by atoms with Crippen LogP contribution in [0.2, 0.25) is 0 Å². The van der Waals surface area contributed by atoms with Gasteiger partial charge >= 0.3 is 0 Å². The van der Waals surface area contributed by atoms with Crippen molar-refractivity contribution in [3.05, 3.63) is 0 Å². The van der Waals surface area contributed by atoms with Crippen LogP contribution in [0.4, 0.5) is 0 Å². The number of hydrogen-bond acceptors (Lipinski definition) is 0. The smallest absolute Gasteiger partial charge is 0.0352 e. The van der Waals surface area contributed by atoms with Crippen molar-refractivity contribution in [2.24, 2.45) is 11.3 Å². The Bertz CT molecular complexity index is 140. The highest BCUT2D eigenvalue weighted by Crippen LogP contribution is 2.37. The maximum atomic E-state index is 2.47. The van der Waals surface area contributed by atoms with E-state index in [-0.39, 0.29) is 0 Å². The summed E-state index contributed by atoms with van der Waals surface area (Å²) in [5.41, 5.74) is 0.609. The first-order valence-electron chi connectivity index (χ1n) is 6.64. The van der Waals surface area contributed by atoms with E-state index in [2.05, 4.69) is 20.8 Å². The number of unbranched alkanes of at least 4 members (excludes halogenated alkanes) is 1. The zero-order valence-corrected chi connectivity index (χ0v) is 10.4. The van der Waals surface area contributed by atoms with Gasteiger partial charge in [-0.25, -0.2) is 0 Å². The predicted octanol–water partition coefficient (Wildman–Crippen LogP) is 5.17. The molecule has 1 rings (SSSR count). The van der Waals surface area contributed by atoms with Gasteiger partial charge in [0, 0.05) is 0 Å². The molecule has 0 nitrogen and oxygen atoms in total. The molecule has 0 heterocycles. The van der Waals surface area contributed by atoms with Crippen LogP contribution in [0.5, 0.6) is 0 Å². The van der Waals surface area contributed by atoms with Crippen molar-refractivity contribution in [3.63, 3.8) is 0 Å². The van der Waals surface area contributed by atoms with Gasteiger partial charge < -0.3 is 0 Å². The van der Waals surface area contributed by atoms with Crippen LogP contribution in [0.1, 0.15) is 78.6 Å². The summed E-state index contributed by atoms with van der Waals surface area (Å²) < 4.78 is 0. The highest BCUT2D eigenvalue weighted by atomic mass is 14.3. The second kappa shape index (κ2) is 5.78. The third-order valence-corrected chi connectivity index (χ3v) is 3.77. The van der Waals surface area contributed by atoms with Gasteiger partial charge in [0.1, 0.15) is 0 Å². The molecule has 0 atom stereocenters. The zero-order valence-electron chi connectivity index (χ0n) is 10.4. The summed E-state index contributed by atoms with van der Waals surface area (Å²) in [6.45, 7) is 7.24. The molecule has 84 valence electrons. The third-order valence-electron chi connectivity index (χ3n) is 3.77. The summed E-state index contributed by atoms with van der Waals surface area (Å²) in [7, 11) is 0. The van der Waals surface area contributed by atoms with Crippen LogP contribution in [0.3, 0.4) is 0 Å². The molecule has 0 radical (unpaired) electrons. The van der Waals surface area contributed by atoms with E-state index >= 15 is 0 Å². The number of rotatable bonds is 5. The summed E-state index contributed by atoms with van der Waals surface area (Å²) in [4.78, 5) is 0. The molecule has 0 heteroatoms. The molecule has 0 N–H and O–H groups in total. The van der Waals surface area contributed by atoms with Gasteiger partial charge in [0.05, 0.1) is 0 Å². The van der Waals surface area contributed by atoms with E-state index < -0.39 is 0 Å². The maximum absolute atomic E-state index is 2.47. The lowest BCUT2D eigenvalue weighted by Crippen LogP contribution is -2.19. The Morgan fingerprint density at radius 3 is 2.29 bits per heavy atom. The lowest BCUT2D eigenvalue weighted by atomic mass is 9.74. The second-order valence-electron chi connectivity index (χ2n) is 5.98. The average molecular weight is 196 g/mol. The van der Waals surface area contributed by atoms with Crippen LogP contribution in [-0.2, 0) is 0 Å². The average Bonchev–Trinajstić information content (AvgIpc) is 2.16. The van der Waals surface area contributed by atoms with Crippen molar-refractivity contribution in [3.8, 4) is 0 Å². The summed E-state index contributed by atoms with van der Waals surface area (Å²) >= 11 is 0. The van der Waals surface area contributed by atoms with Gasteiger partial charge in [0.25, 0.3) is 0 Å². The first-order chi connectivity index (χ1) is 6.64. The molecular formula is C14H28. The molecule has 0 unspecified atom stereocenters. The van der Waals surface area contributed by atoms with E-state index in [1.807, 2.05) is 0 Å². The van der Waals surface area contributed by atoms with E-state index in [4.69, 9.17) is 0 Å². The largest absolute Gasteiger partial charge is 0.0654 e. The quantitative estimate of drug-likeness (QED) is 0.569. The van der Waals surface area contributed by atoms with E-state index in [0.29, 0.717) is 5.41 Å². The Morgan fingerprint density at radius 2 is 1.71 bits per heavy atom. The molecule has 0 bridgehead atoms. The van der Waals surface area contributed by atoms with Crippen LogP contribution in [-0.4, -0.2) is 0 Å². The maximum Gasteiger partial charge on any atom is -0.0352 e. The topological polar surface area (TPSA) is 0 Å². The molecule has 0 amide bonds. The lowest BCUT2D eigenvalue weighted by Gasteiger charge is -2.31. The molecule has 0 aromatic heterocycles. The van der Waals surface area contributed by atoms with Crippen LogP contribution in [0.15, 0.2) is 0 Å². The Hall–Kier alpha value is 0. The predicted molar refractivity (Wildman–Crippen MR) is 64.5 cm³/mol. The number of hydrogen-bond donors (Lipinski definition) is 0. The van der Waals surface area contributed by atoms with Gasteiger partial charge in [-0.15, -0.1) is 0 Å². The summed E-state index contributed by atoms with van der Waals surface area (Å²) in [6, 6.07) is 0. The van der Waals surface area contributed by atoms with Crippen molar-refractivity contribution in [2.45, 2.75) is 78.6 Å². The third kappa shape index (κ3) is 4.48. The van der Waals surface area contributed by atoms with Crippen molar-refractivity contribution in [2.75, 3.05) is 0 Å². The molecule has 0 aromatic rings. The van der Waals surface area contributed by atoms with Crippen molar-refractivity contribution in [1.29, 1.82) is 0 Å². The van der Waals surface area contributed by atoms with Gasteiger partial charge in [0.15, 0.2) is 0 Å². The Kier molecular flexibility index (Phi) is 4.98. The van der Waals surface area contributed by atoms with Crippen molar-refractivity contribution >= 4 is 0 Å². The Morgan fingerprint density at radius 1 is 1.07 bits per heavy atom. The minimum Gasteiger partial charge on any atom is -0.0654 e. The normalized spacial score (nSPS) is 19.9. The minimum atomic E-state index is 0.609. The van der Waals surface area contributed by atoms with Crippen LogP contribution in [0, 0.1) is 11.3 Å². The first kappa shape index (κ1) is 12.1. The standard InChI is InChI=1S/C14H28/c1-4-5-11-14(2,3)12-13-9-7-6-8-10-13/h13H,4-12H2,1-3H3. The summed E-state index contributed by atoms with van der Waals surface area (Å²) in [5, 5.41) is 0. The zero-order chi connectivity index (χ0) is 10.4. The highest BCUT2D eigenvalue weighted by molar-refractivity contribution is 4.75. The highest BCUT2D eigenvalue weighted by Gasteiger charge is 2.23. The molecule has 0 aromatic carbocycles. The van der Waals surface area contributed by atoms with E-state index in [1.54, 1.807) is 0 Å². The Labute approximate surface area is 90.5 Å². The first-order valence-corrected chi connectivity index (χ1v) is 6.64. The summed E-state index contributed by atoms with van der Waals surface area (Å²) in [5.74, 6) is 1.05. The molecule has 0 spiro atoms.